The summed E-state index contributed by atoms with van der Waals surface area (Å²) < 4.78 is 12.0. The van der Waals surface area contributed by atoms with E-state index in [1.165, 1.54) is 10.4 Å². The second-order valence-electron chi connectivity index (χ2n) is 10.5. The lowest BCUT2D eigenvalue weighted by molar-refractivity contribution is -0.135. The molecular formula is C31H35ClN2O4S. The van der Waals surface area contributed by atoms with E-state index in [9.17, 15) is 9.59 Å². The van der Waals surface area contributed by atoms with Gasteiger partial charge in [0.1, 0.15) is 18.9 Å². The van der Waals surface area contributed by atoms with Crippen molar-refractivity contribution in [3.8, 4) is 5.75 Å². The van der Waals surface area contributed by atoms with Gasteiger partial charge in [0.2, 0.25) is 5.91 Å². The minimum atomic E-state index is -0.254. The predicted molar refractivity (Wildman–Crippen MR) is 155 cm³/mol. The van der Waals surface area contributed by atoms with Crippen LogP contribution in [0.5, 0.6) is 5.75 Å². The third kappa shape index (κ3) is 6.48. The molecule has 0 unspecified atom stereocenters. The molecule has 1 fully saturated rings. The van der Waals surface area contributed by atoms with Crippen LogP contribution in [0, 0.1) is 0 Å². The number of benzene rings is 2. The zero-order valence-electron chi connectivity index (χ0n) is 22.5. The number of thiophene rings is 1. The molecule has 8 heteroatoms. The first kappa shape index (κ1) is 27.7. The van der Waals surface area contributed by atoms with Crippen molar-refractivity contribution in [2.24, 2.45) is 0 Å². The van der Waals surface area contributed by atoms with Gasteiger partial charge in [-0.05, 0) is 72.0 Å². The van der Waals surface area contributed by atoms with Gasteiger partial charge in [-0.25, -0.2) is 0 Å². The van der Waals surface area contributed by atoms with Gasteiger partial charge in [0.25, 0.3) is 5.91 Å². The van der Waals surface area contributed by atoms with E-state index >= 15 is 0 Å². The third-order valence-electron chi connectivity index (χ3n) is 7.54. The molecule has 39 heavy (non-hydrogen) atoms. The molecule has 0 aliphatic carbocycles. The average Bonchev–Trinajstić information content (AvgIpc) is 3.64. The van der Waals surface area contributed by atoms with E-state index in [0.29, 0.717) is 42.8 Å². The molecular weight excluding hydrogens is 532 g/mol. The van der Waals surface area contributed by atoms with Gasteiger partial charge in [0.05, 0.1) is 22.7 Å². The van der Waals surface area contributed by atoms with Gasteiger partial charge in [-0.15, -0.1) is 11.3 Å². The summed E-state index contributed by atoms with van der Waals surface area (Å²) >= 11 is 8.09. The second-order valence-corrected chi connectivity index (χ2v) is 11.9. The molecule has 0 radical (unpaired) electrons. The maximum Gasteiger partial charge on any atom is 0.255 e. The predicted octanol–water partition coefficient (Wildman–Crippen LogP) is 6.35. The molecule has 2 aromatic carbocycles. The van der Waals surface area contributed by atoms with Crippen molar-refractivity contribution in [1.29, 1.82) is 0 Å². The molecule has 206 valence electrons. The van der Waals surface area contributed by atoms with Crippen LogP contribution in [0.4, 0.5) is 0 Å². The van der Waals surface area contributed by atoms with Gasteiger partial charge in [-0.1, -0.05) is 49.7 Å². The Bertz CT molecular complexity index is 1290. The summed E-state index contributed by atoms with van der Waals surface area (Å²) in [6.45, 7) is 6.26. The second kappa shape index (κ2) is 12.5. The summed E-state index contributed by atoms with van der Waals surface area (Å²) in [4.78, 5) is 32.2. The monoisotopic (exact) mass is 566 g/mol. The Balaban J connectivity index is 1.34. The minimum absolute atomic E-state index is 0.0387. The maximum absolute atomic E-state index is 13.9. The van der Waals surface area contributed by atoms with E-state index in [1.807, 2.05) is 17.0 Å². The van der Waals surface area contributed by atoms with E-state index in [4.69, 9.17) is 21.1 Å². The van der Waals surface area contributed by atoms with Gasteiger partial charge in [0, 0.05) is 24.6 Å². The Kier molecular flexibility index (Phi) is 8.90. The van der Waals surface area contributed by atoms with E-state index in [2.05, 4.69) is 37.4 Å². The number of carbonyl (C=O) groups excluding carboxylic acids is 2. The largest absolute Gasteiger partial charge is 0.491 e. The van der Waals surface area contributed by atoms with Crippen LogP contribution >= 0.6 is 22.9 Å². The topological polar surface area (TPSA) is 59.1 Å². The Morgan fingerprint density at radius 2 is 1.95 bits per heavy atom. The lowest BCUT2D eigenvalue weighted by Gasteiger charge is -2.37. The van der Waals surface area contributed by atoms with Crippen LogP contribution in [0.15, 0.2) is 60.0 Å². The highest BCUT2D eigenvalue weighted by Crippen LogP contribution is 2.34. The van der Waals surface area contributed by atoms with Gasteiger partial charge in [0.15, 0.2) is 0 Å². The highest BCUT2D eigenvalue weighted by Gasteiger charge is 2.34. The van der Waals surface area contributed by atoms with Gasteiger partial charge in [-0.2, -0.15) is 0 Å². The first-order valence-electron chi connectivity index (χ1n) is 13.6. The van der Waals surface area contributed by atoms with Crippen LogP contribution in [0.1, 0.15) is 65.0 Å². The van der Waals surface area contributed by atoms with Gasteiger partial charge < -0.3 is 19.3 Å². The van der Waals surface area contributed by atoms with Crippen LogP contribution < -0.4 is 4.74 Å². The number of rotatable bonds is 9. The number of hydrogen-bond acceptors (Lipinski definition) is 5. The summed E-state index contributed by atoms with van der Waals surface area (Å²) in [7, 11) is 0. The van der Waals surface area contributed by atoms with Crippen molar-refractivity contribution in [2.45, 2.75) is 51.2 Å². The summed E-state index contributed by atoms with van der Waals surface area (Å²) in [5.74, 6) is 0.873. The average molecular weight is 567 g/mol. The molecule has 5 rings (SSSR count). The Morgan fingerprint density at radius 3 is 2.67 bits per heavy atom. The highest BCUT2D eigenvalue weighted by atomic mass is 35.5. The first-order chi connectivity index (χ1) is 18.9. The number of carbonyl (C=O) groups is 2. The van der Waals surface area contributed by atoms with Crippen molar-refractivity contribution in [2.75, 3.05) is 32.8 Å². The molecule has 2 atom stereocenters. The molecule has 0 bridgehead atoms. The highest BCUT2D eigenvalue weighted by molar-refractivity contribution is 7.10. The molecule has 0 N–H and O–H groups in total. The fourth-order valence-electron chi connectivity index (χ4n) is 5.31. The van der Waals surface area contributed by atoms with E-state index in [-0.39, 0.29) is 30.5 Å². The molecule has 2 amide bonds. The fourth-order valence-corrected chi connectivity index (χ4v) is 6.46. The summed E-state index contributed by atoms with van der Waals surface area (Å²) in [5, 5.41) is 2.45. The maximum atomic E-state index is 13.9. The van der Waals surface area contributed by atoms with E-state index in [0.717, 1.165) is 30.6 Å². The first-order valence-corrected chi connectivity index (χ1v) is 14.9. The van der Waals surface area contributed by atoms with Crippen molar-refractivity contribution < 1.29 is 19.1 Å². The Labute approximate surface area is 239 Å². The van der Waals surface area contributed by atoms with Crippen molar-refractivity contribution in [3.05, 3.63) is 86.6 Å². The minimum Gasteiger partial charge on any atom is -0.491 e. The molecule has 0 spiro atoms. The Morgan fingerprint density at radius 1 is 1.15 bits per heavy atom. The molecule has 3 heterocycles. The number of hydrogen-bond donors (Lipinski definition) is 0. The smallest absolute Gasteiger partial charge is 0.255 e. The fraction of sp³-hybridized carbons (Fsp3) is 0.419. The van der Waals surface area contributed by atoms with Crippen LogP contribution in [-0.4, -0.2) is 60.6 Å². The van der Waals surface area contributed by atoms with Gasteiger partial charge >= 0.3 is 0 Å². The quantitative estimate of drug-likeness (QED) is 0.303. The molecule has 3 aromatic rings. The summed E-state index contributed by atoms with van der Waals surface area (Å²) in [5.41, 5.74) is 2.78. The van der Waals surface area contributed by atoms with Crippen molar-refractivity contribution in [1.82, 2.24) is 9.80 Å². The molecule has 2 aliphatic rings. The number of amides is 2. The zero-order valence-corrected chi connectivity index (χ0v) is 24.0. The lowest BCUT2D eigenvalue weighted by atomic mass is 10.00. The third-order valence-corrected chi connectivity index (χ3v) is 8.86. The van der Waals surface area contributed by atoms with Crippen LogP contribution in [0.2, 0.25) is 5.02 Å². The molecule has 1 aromatic heterocycles. The van der Waals surface area contributed by atoms with Crippen LogP contribution in [0.3, 0.4) is 0 Å². The van der Waals surface area contributed by atoms with Crippen LogP contribution in [0.25, 0.3) is 0 Å². The number of ether oxygens (including phenoxy) is 2. The zero-order chi connectivity index (χ0) is 27.4. The van der Waals surface area contributed by atoms with E-state index < -0.39 is 0 Å². The molecule has 1 saturated heterocycles. The standard InChI is InChI=1S/C31H35ClN2O4S/c1-21(2)22-9-11-23(12-10-22)38-20-28-26-14-17-39-29(26)13-15-34(28)30(35)19-33(18-24-6-5-16-37-24)31(36)25-7-3-4-8-27(25)32/h3-4,7-12,14,17,21,24,28H,5-6,13,15-16,18-20H2,1-2H3/t24-,28+/m0/s1. The SMILES string of the molecule is CC(C)c1ccc(OC[C@@H]2c3ccsc3CCN2C(=O)CN(C[C@@H]2CCCO2)C(=O)c2ccccc2Cl)cc1. The molecule has 0 saturated carbocycles. The molecule has 6 nitrogen and oxygen atoms in total. The van der Waals surface area contributed by atoms with Gasteiger partial charge in [-0.3, -0.25) is 9.59 Å². The summed E-state index contributed by atoms with van der Waals surface area (Å²) in [6, 6.07) is 17.0. The normalized spacial score (nSPS) is 18.7. The number of fused-ring (bicyclic) bond motifs is 1. The number of nitrogens with zero attached hydrogens (tertiary/aromatic N) is 2. The van der Waals surface area contributed by atoms with Crippen LogP contribution in [-0.2, 0) is 16.0 Å². The molecule has 2 aliphatic heterocycles. The number of halogens is 1. The van der Waals surface area contributed by atoms with Crippen molar-refractivity contribution in [3.63, 3.8) is 0 Å². The van der Waals surface area contributed by atoms with Crippen molar-refractivity contribution >= 4 is 34.8 Å². The lowest BCUT2D eigenvalue weighted by Crippen LogP contribution is -2.49. The van der Waals surface area contributed by atoms with E-state index in [1.54, 1.807) is 40.5 Å². The Hall–Kier alpha value is -2.87. The summed E-state index contributed by atoms with van der Waals surface area (Å²) in [6.07, 6.45) is 2.54.